The summed E-state index contributed by atoms with van der Waals surface area (Å²) in [7, 11) is 0. The van der Waals surface area contributed by atoms with Crippen LogP contribution >= 0.6 is 0 Å². The van der Waals surface area contributed by atoms with Crippen molar-refractivity contribution in [1.82, 2.24) is 0 Å². The molecule has 0 aromatic heterocycles. The Morgan fingerprint density at radius 3 is 2.35 bits per heavy atom. The van der Waals surface area contributed by atoms with Crippen molar-refractivity contribution in [2.24, 2.45) is 0 Å². The van der Waals surface area contributed by atoms with Gasteiger partial charge in [0.05, 0.1) is 0 Å². The van der Waals surface area contributed by atoms with Crippen LogP contribution in [0.2, 0.25) is 0 Å². The Morgan fingerprint density at radius 1 is 0.783 bits per heavy atom. The van der Waals surface area contributed by atoms with Crippen molar-refractivity contribution in [2.45, 2.75) is 71.1 Å². The van der Waals surface area contributed by atoms with Crippen LogP contribution in [0.15, 0.2) is 36.4 Å². The Labute approximate surface area is 141 Å². The number of unbranched alkanes of at least 4 members (excludes halogenated alkanes) is 7. The van der Waals surface area contributed by atoms with Gasteiger partial charge in [0, 0.05) is 0 Å². The minimum atomic E-state index is 1.07. The van der Waals surface area contributed by atoms with Crippen LogP contribution < -0.4 is 0 Å². The quantitative estimate of drug-likeness (QED) is 0.384. The number of hydrogen-bond acceptors (Lipinski definition) is 0. The molecule has 121 valence electrons. The molecule has 23 heavy (non-hydrogen) atoms. The van der Waals surface area contributed by atoms with Crippen molar-refractivity contribution in [2.75, 3.05) is 0 Å². The van der Waals surface area contributed by atoms with Gasteiger partial charge in [0.15, 0.2) is 0 Å². The average molecular weight is 305 g/mol. The number of rotatable bonds is 9. The molecule has 0 unspecified atom stereocenters. The average Bonchev–Trinajstić information content (AvgIpc) is 2.95. The third-order valence-corrected chi connectivity index (χ3v) is 5.06. The first kappa shape index (κ1) is 16.3. The summed E-state index contributed by atoms with van der Waals surface area (Å²) in [5.74, 6) is 0. The van der Waals surface area contributed by atoms with Gasteiger partial charge in [-0.05, 0) is 53.1 Å². The van der Waals surface area contributed by atoms with Gasteiger partial charge in [0.1, 0.15) is 0 Å². The third-order valence-electron chi connectivity index (χ3n) is 5.06. The molecule has 0 saturated heterocycles. The van der Waals surface area contributed by atoms with E-state index < -0.39 is 0 Å². The Balaban J connectivity index is 1.44. The van der Waals surface area contributed by atoms with Gasteiger partial charge in [-0.1, -0.05) is 88.3 Å². The van der Waals surface area contributed by atoms with Crippen molar-refractivity contribution in [3.05, 3.63) is 59.2 Å². The molecule has 2 aromatic carbocycles. The van der Waals surface area contributed by atoms with Crippen LogP contribution in [0.1, 0.15) is 75.0 Å². The maximum absolute atomic E-state index is 3.69. The van der Waals surface area contributed by atoms with Crippen LogP contribution in [-0.4, -0.2) is 0 Å². The Morgan fingerprint density at radius 2 is 1.52 bits per heavy atom. The number of benzene rings is 2. The highest BCUT2D eigenvalue weighted by Crippen LogP contribution is 2.36. The predicted molar refractivity (Wildman–Crippen MR) is 99.8 cm³/mol. The molecule has 0 heteroatoms. The fourth-order valence-electron chi connectivity index (χ4n) is 3.70. The van der Waals surface area contributed by atoms with E-state index in [-0.39, 0.29) is 0 Å². The van der Waals surface area contributed by atoms with Gasteiger partial charge in [0.2, 0.25) is 0 Å². The Bertz CT molecular complexity index is 624. The van der Waals surface area contributed by atoms with Gasteiger partial charge in [-0.2, -0.15) is 0 Å². The van der Waals surface area contributed by atoms with Crippen molar-refractivity contribution >= 4 is 0 Å². The van der Waals surface area contributed by atoms with E-state index in [1.807, 2.05) is 0 Å². The van der Waals surface area contributed by atoms with Crippen LogP contribution in [0.25, 0.3) is 11.1 Å². The molecule has 3 rings (SSSR count). The molecule has 0 spiro atoms. The zero-order valence-electron chi connectivity index (χ0n) is 14.5. The summed E-state index contributed by atoms with van der Waals surface area (Å²) in [5, 5.41) is 0. The molecular formula is C23H29. The normalized spacial score (nSPS) is 12.2. The third kappa shape index (κ3) is 4.25. The van der Waals surface area contributed by atoms with Crippen molar-refractivity contribution in [3.63, 3.8) is 0 Å². The SMILES string of the molecule is CCCCCCCCCCc1[c]c2c(cc1)-c1ccccc1C2. The van der Waals surface area contributed by atoms with Crippen LogP contribution in [0.4, 0.5) is 0 Å². The summed E-state index contributed by atoms with van der Waals surface area (Å²) < 4.78 is 0. The second-order valence-corrected chi connectivity index (χ2v) is 6.93. The van der Waals surface area contributed by atoms with E-state index >= 15 is 0 Å². The first-order chi connectivity index (χ1) is 11.4. The van der Waals surface area contributed by atoms with Crippen LogP contribution in [0.5, 0.6) is 0 Å². The molecule has 0 amide bonds. The lowest BCUT2D eigenvalue weighted by atomic mass is 9.99. The lowest BCUT2D eigenvalue weighted by Crippen LogP contribution is -1.90. The van der Waals surface area contributed by atoms with E-state index in [4.69, 9.17) is 0 Å². The van der Waals surface area contributed by atoms with Gasteiger partial charge in [-0.15, -0.1) is 0 Å². The highest BCUT2D eigenvalue weighted by Gasteiger charge is 2.17. The molecule has 0 N–H and O–H groups in total. The predicted octanol–water partition coefficient (Wildman–Crippen LogP) is 6.74. The number of fused-ring (bicyclic) bond motifs is 3. The van der Waals surface area contributed by atoms with Crippen LogP contribution in [0.3, 0.4) is 0 Å². The van der Waals surface area contributed by atoms with Gasteiger partial charge in [-0.3, -0.25) is 0 Å². The fourth-order valence-corrected chi connectivity index (χ4v) is 3.70. The molecule has 1 radical (unpaired) electrons. The number of hydrogen-bond donors (Lipinski definition) is 0. The monoisotopic (exact) mass is 305 g/mol. The Kier molecular flexibility index (Phi) is 5.91. The molecule has 2 aromatic rings. The zero-order valence-corrected chi connectivity index (χ0v) is 14.5. The summed E-state index contributed by atoms with van der Waals surface area (Å²) in [6.07, 6.45) is 13.4. The molecule has 0 heterocycles. The smallest absolute Gasteiger partial charge is 0.000718 e. The van der Waals surface area contributed by atoms with E-state index in [1.54, 1.807) is 0 Å². The van der Waals surface area contributed by atoms with Crippen molar-refractivity contribution < 1.29 is 0 Å². The molecule has 0 nitrogen and oxygen atoms in total. The molecule has 0 bridgehead atoms. The molecular weight excluding hydrogens is 276 g/mol. The van der Waals surface area contributed by atoms with E-state index in [9.17, 15) is 0 Å². The van der Waals surface area contributed by atoms with E-state index in [0.717, 1.165) is 6.42 Å². The van der Waals surface area contributed by atoms with Crippen molar-refractivity contribution in [3.8, 4) is 11.1 Å². The maximum Gasteiger partial charge on any atom is -0.000718 e. The minimum Gasteiger partial charge on any atom is -0.0654 e. The summed E-state index contributed by atoms with van der Waals surface area (Å²) >= 11 is 0. The van der Waals surface area contributed by atoms with Crippen molar-refractivity contribution in [1.29, 1.82) is 0 Å². The van der Waals surface area contributed by atoms with Gasteiger partial charge in [0.25, 0.3) is 0 Å². The second-order valence-electron chi connectivity index (χ2n) is 6.93. The Hall–Kier alpha value is -1.56. The fraction of sp³-hybridized carbons (Fsp3) is 0.478. The highest BCUT2D eigenvalue weighted by atomic mass is 14.2. The molecule has 0 aliphatic heterocycles. The lowest BCUT2D eigenvalue weighted by molar-refractivity contribution is 0.575. The van der Waals surface area contributed by atoms with Gasteiger partial charge < -0.3 is 0 Å². The van der Waals surface area contributed by atoms with E-state index in [1.165, 1.54) is 85.6 Å². The summed E-state index contributed by atoms with van der Waals surface area (Å²) in [5.41, 5.74) is 7.09. The highest BCUT2D eigenvalue weighted by molar-refractivity contribution is 5.76. The minimum absolute atomic E-state index is 1.07. The molecule has 0 saturated carbocycles. The first-order valence-corrected chi connectivity index (χ1v) is 9.51. The molecule has 0 fully saturated rings. The largest absolute Gasteiger partial charge is 0.0654 e. The first-order valence-electron chi connectivity index (χ1n) is 9.51. The standard InChI is InChI=1S/C23H29/c1-2-3-4-5-6-7-8-9-12-19-15-16-23-21(17-19)18-20-13-10-11-14-22(20)23/h10-11,13-16H,2-9,12,18H2,1H3. The second kappa shape index (κ2) is 8.34. The lowest BCUT2D eigenvalue weighted by Gasteiger charge is -2.05. The van der Waals surface area contributed by atoms with Crippen LogP contribution in [-0.2, 0) is 12.8 Å². The van der Waals surface area contributed by atoms with Crippen LogP contribution in [0, 0.1) is 6.07 Å². The summed E-state index contributed by atoms with van der Waals surface area (Å²) in [4.78, 5) is 0. The number of aryl methyl sites for hydroxylation is 1. The molecule has 1 aliphatic carbocycles. The van der Waals surface area contributed by atoms with E-state index in [2.05, 4.69) is 49.4 Å². The summed E-state index contributed by atoms with van der Waals surface area (Å²) in [6, 6.07) is 17.1. The van der Waals surface area contributed by atoms with E-state index in [0.29, 0.717) is 0 Å². The molecule has 0 atom stereocenters. The zero-order chi connectivity index (χ0) is 15.9. The van der Waals surface area contributed by atoms with Gasteiger partial charge >= 0.3 is 0 Å². The summed E-state index contributed by atoms with van der Waals surface area (Å²) in [6.45, 7) is 2.28. The van der Waals surface area contributed by atoms with Gasteiger partial charge in [-0.25, -0.2) is 0 Å². The molecule has 1 aliphatic rings. The maximum atomic E-state index is 3.69. The topological polar surface area (TPSA) is 0 Å².